The summed E-state index contributed by atoms with van der Waals surface area (Å²) in [6, 6.07) is 23.7. The van der Waals surface area contributed by atoms with E-state index in [1.807, 2.05) is 54.4 Å². The second kappa shape index (κ2) is 13.0. The lowest BCUT2D eigenvalue weighted by Gasteiger charge is -2.39. The highest BCUT2D eigenvalue weighted by atomic mass is 16.2. The van der Waals surface area contributed by atoms with Crippen molar-refractivity contribution in [3.05, 3.63) is 83.9 Å². The van der Waals surface area contributed by atoms with E-state index >= 15 is 0 Å². The van der Waals surface area contributed by atoms with Crippen LogP contribution in [0.2, 0.25) is 0 Å². The largest absolute Gasteiger partial charge is 0.341 e. The van der Waals surface area contributed by atoms with Crippen molar-refractivity contribution in [2.75, 3.05) is 47.8 Å². The molecule has 6 nitrogen and oxygen atoms in total. The third-order valence-electron chi connectivity index (χ3n) is 7.73. The Bertz CT molecular complexity index is 1210. The minimum atomic E-state index is -0.546. The highest BCUT2D eigenvalue weighted by Crippen LogP contribution is 2.22. The first-order valence-electron chi connectivity index (χ1n) is 13.7. The minimum Gasteiger partial charge on any atom is -0.341 e. The molecule has 3 aromatic rings. The summed E-state index contributed by atoms with van der Waals surface area (Å²) in [7, 11) is 7.78. The van der Waals surface area contributed by atoms with Crippen LogP contribution in [0.3, 0.4) is 0 Å². The number of rotatable bonds is 10. The molecule has 1 heterocycles. The number of piperidine rings is 1. The smallest absolute Gasteiger partial charge is 0.245 e. The first-order chi connectivity index (χ1) is 18.4. The van der Waals surface area contributed by atoms with Crippen LogP contribution in [0.15, 0.2) is 72.8 Å². The lowest BCUT2D eigenvalue weighted by molar-refractivity contribution is -0.146. The van der Waals surface area contributed by atoms with Gasteiger partial charge >= 0.3 is 0 Å². The molecule has 1 fully saturated rings. The Morgan fingerprint density at radius 3 is 2.34 bits per heavy atom. The van der Waals surface area contributed by atoms with Gasteiger partial charge in [-0.15, -0.1) is 0 Å². The summed E-state index contributed by atoms with van der Waals surface area (Å²) >= 11 is 0. The Morgan fingerprint density at radius 1 is 0.921 bits per heavy atom. The fourth-order valence-corrected chi connectivity index (χ4v) is 5.68. The third-order valence-corrected chi connectivity index (χ3v) is 7.73. The quantitative estimate of drug-likeness (QED) is 0.447. The van der Waals surface area contributed by atoms with Crippen molar-refractivity contribution >= 4 is 22.6 Å². The highest BCUT2D eigenvalue weighted by molar-refractivity contribution is 5.90. The van der Waals surface area contributed by atoms with Crippen LogP contribution in [-0.4, -0.2) is 86.4 Å². The van der Waals surface area contributed by atoms with E-state index in [-0.39, 0.29) is 11.8 Å². The number of hydrogen-bond donors (Lipinski definition) is 1. The zero-order valence-electron chi connectivity index (χ0n) is 23.3. The molecule has 0 unspecified atom stereocenters. The Hall–Kier alpha value is -3.22. The summed E-state index contributed by atoms with van der Waals surface area (Å²) in [5.74, 6) is 0.449. The van der Waals surface area contributed by atoms with Gasteiger partial charge in [0.15, 0.2) is 0 Å². The number of fused-ring (bicyclic) bond motifs is 1. The van der Waals surface area contributed by atoms with Gasteiger partial charge in [0.1, 0.15) is 6.04 Å². The van der Waals surface area contributed by atoms with Crippen LogP contribution in [0.1, 0.15) is 24.0 Å². The van der Waals surface area contributed by atoms with Gasteiger partial charge in [-0.05, 0) is 68.2 Å². The molecule has 0 saturated carbocycles. The molecule has 3 aromatic carbocycles. The molecule has 2 amide bonds. The molecule has 1 aliphatic rings. The standard InChI is InChI=1S/C32H42N4O2/c1-33-29(20-25-16-17-27-14-8-9-15-28(27)19-25)31(37)35(4)30(21-24-11-6-5-7-12-24)32(38)36-18-10-13-26(23-36)22-34(2)3/h5-9,11-12,14-17,19,26,29-30,33H,10,13,18,20-23H2,1-4H3/t26-,29-,30-/m1/s1. The number of carbonyl (C=O) groups excluding carboxylic acids is 2. The van der Waals surface area contributed by atoms with Crippen molar-refractivity contribution < 1.29 is 9.59 Å². The summed E-state index contributed by atoms with van der Waals surface area (Å²) in [5, 5.41) is 5.57. The van der Waals surface area contributed by atoms with Gasteiger partial charge in [-0.1, -0.05) is 72.8 Å². The maximum Gasteiger partial charge on any atom is 0.245 e. The van der Waals surface area contributed by atoms with Gasteiger partial charge in [0.05, 0.1) is 6.04 Å². The van der Waals surface area contributed by atoms with Crippen LogP contribution in [0, 0.1) is 5.92 Å². The molecule has 3 atom stereocenters. The normalized spacial score (nSPS) is 17.4. The summed E-state index contributed by atoms with van der Waals surface area (Å²) in [6.45, 7) is 2.47. The van der Waals surface area contributed by atoms with Crippen molar-refractivity contribution in [1.82, 2.24) is 20.0 Å². The number of likely N-dealkylation sites (tertiary alicyclic amines) is 1. The Morgan fingerprint density at radius 2 is 1.63 bits per heavy atom. The van der Waals surface area contributed by atoms with E-state index in [9.17, 15) is 9.59 Å². The first-order valence-corrected chi connectivity index (χ1v) is 13.7. The van der Waals surface area contributed by atoms with E-state index in [0.717, 1.165) is 49.0 Å². The van der Waals surface area contributed by atoms with Gasteiger partial charge in [-0.25, -0.2) is 0 Å². The number of nitrogens with one attached hydrogen (secondary N) is 1. The molecule has 0 bridgehead atoms. The molecular weight excluding hydrogens is 472 g/mol. The van der Waals surface area contributed by atoms with E-state index in [0.29, 0.717) is 18.8 Å². The monoisotopic (exact) mass is 514 g/mol. The Balaban J connectivity index is 1.53. The number of hydrogen-bond acceptors (Lipinski definition) is 4. The van der Waals surface area contributed by atoms with Crippen LogP contribution in [0.5, 0.6) is 0 Å². The van der Waals surface area contributed by atoms with Crippen molar-refractivity contribution in [2.45, 2.75) is 37.8 Å². The first kappa shape index (κ1) is 27.8. The summed E-state index contributed by atoms with van der Waals surface area (Å²) in [6.07, 6.45) is 3.20. The maximum absolute atomic E-state index is 14.0. The summed E-state index contributed by atoms with van der Waals surface area (Å²) in [4.78, 5) is 33.7. The average Bonchev–Trinajstić information content (AvgIpc) is 2.93. The molecule has 1 saturated heterocycles. The predicted molar refractivity (Wildman–Crippen MR) is 155 cm³/mol. The van der Waals surface area contributed by atoms with Crippen LogP contribution in [0.25, 0.3) is 10.8 Å². The average molecular weight is 515 g/mol. The van der Waals surface area contributed by atoms with Gasteiger partial charge in [-0.3, -0.25) is 9.59 Å². The van der Waals surface area contributed by atoms with Crippen LogP contribution >= 0.6 is 0 Å². The third kappa shape index (κ3) is 7.00. The second-order valence-electron chi connectivity index (χ2n) is 10.9. The molecule has 1 aliphatic heterocycles. The van der Waals surface area contributed by atoms with Crippen molar-refractivity contribution in [3.8, 4) is 0 Å². The Labute approximate surface area is 227 Å². The molecule has 1 N–H and O–H groups in total. The molecule has 0 aliphatic carbocycles. The summed E-state index contributed by atoms with van der Waals surface area (Å²) in [5.41, 5.74) is 2.15. The van der Waals surface area contributed by atoms with Crippen LogP contribution < -0.4 is 5.32 Å². The topological polar surface area (TPSA) is 55.9 Å². The van der Waals surface area contributed by atoms with Gasteiger partial charge in [0, 0.05) is 33.1 Å². The van der Waals surface area contributed by atoms with E-state index in [1.165, 1.54) is 5.39 Å². The van der Waals surface area contributed by atoms with E-state index in [2.05, 4.69) is 54.6 Å². The molecule has 202 valence electrons. The van der Waals surface area contributed by atoms with Gasteiger partial charge < -0.3 is 20.0 Å². The van der Waals surface area contributed by atoms with Crippen molar-refractivity contribution in [2.24, 2.45) is 5.92 Å². The van der Waals surface area contributed by atoms with E-state index in [1.54, 1.807) is 11.9 Å². The SMILES string of the molecule is CN[C@H](Cc1ccc2ccccc2c1)C(=O)N(C)[C@H](Cc1ccccc1)C(=O)N1CCC[C@H](CN(C)C)C1. The molecule has 0 spiro atoms. The van der Waals surface area contributed by atoms with E-state index < -0.39 is 12.1 Å². The fourth-order valence-electron chi connectivity index (χ4n) is 5.68. The molecular formula is C32H42N4O2. The number of benzene rings is 3. The zero-order chi connectivity index (χ0) is 27.1. The molecule has 0 aromatic heterocycles. The lowest BCUT2D eigenvalue weighted by Crippen LogP contribution is -2.56. The molecule has 4 rings (SSSR count). The molecule has 6 heteroatoms. The van der Waals surface area contributed by atoms with Gasteiger partial charge in [0.25, 0.3) is 0 Å². The van der Waals surface area contributed by atoms with Crippen molar-refractivity contribution in [1.29, 1.82) is 0 Å². The fraction of sp³-hybridized carbons (Fsp3) is 0.438. The molecule has 0 radical (unpaired) electrons. The zero-order valence-corrected chi connectivity index (χ0v) is 23.3. The number of carbonyl (C=O) groups is 2. The van der Waals surface area contributed by atoms with Gasteiger partial charge in [0.2, 0.25) is 11.8 Å². The summed E-state index contributed by atoms with van der Waals surface area (Å²) < 4.78 is 0. The minimum absolute atomic E-state index is 0.0497. The highest BCUT2D eigenvalue weighted by Gasteiger charge is 2.35. The lowest BCUT2D eigenvalue weighted by atomic mass is 9.95. The van der Waals surface area contributed by atoms with Crippen molar-refractivity contribution in [3.63, 3.8) is 0 Å². The van der Waals surface area contributed by atoms with Crippen LogP contribution in [0.4, 0.5) is 0 Å². The number of likely N-dealkylation sites (N-methyl/N-ethyl adjacent to an activating group) is 2. The second-order valence-corrected chi connectivity index (χ2v) is 10.9. The maximum atomic E-state index is 14.0. The van der Waals surface area contributed by atoms with Crippen LogP contribution in [-0.2, 0) is 22.4 Å². The van der Waals surface area contributed by atoms with E-state index in [4.69, 9.17) is 0 Å². The Kier molecular flexibility index (Phi) is 9.53. The predicted octanol–water partition coefficient (Wildman–Crippen LogP) is 3.84. The number of nitrogens with zero attached hydrogens (tertiary/aromatic N) is 3. The number of amides is 2. The van der Waals surface area contributed by atoms with Gasteiger partial charge in [-0.2, -0.15) is 0 Å². The molecule has 38 heavy (non-hydrogen) atoms.